The van der Waals surface area contributed by atoms with Gasteiger partial charge in [-0.25, -0.2) is 4.39 Å². The average Bonchev–Trinajstić information content (AvgIpc) is 2.85. The molecule has 1 saturated heterocycles. The zero-order valence-corrected chi connectivity index (χ0v) is 18.9. The minimum atomic E-state index is -0.219. The first-order valence-electron chi connectivity index (χ1n) is 11.4. The molecule has 4 rings (SSSR count). The number of ether oxygens (including phenoxy) is 1. The molecular formula is C27H30FN3O2. The van der Waals surface area contributed by atoms with Crippen molar-refractivity contribution >= 4 is 5.91 Å². The zero-order valence-electron chi connectivity index (χ0n) is 18.9. The molecule has 2 atom stereocenters. The van der Waals surface area contributed by atoms with Crippen LogP contribution in [-0.2, 0) is 17.8 Å². The Morgan fingerprint density at radius 3 is 2.70 bits per heavy atom. The number of carbonyl (C=O) groups excluding carboxylic acids is 1. The normalized spacial score (nSPS) is 17.3. The van der Waals surface area contributed by atoms with Crippen LogP contribution >= 0.6 is 0 Å². The minimum Gasteiger partial charge on any atom is -0.496 e. The lowest BCUT2D eigenvalue weighted by Gasteiger charge is -2.37. The quantitative estimate of drug-likeness (QED) is 0.551. The van der Waals surface area contributed by atoms with E-state index in [9.17, 15) is 9.18 Å². The first-order valence-corrected chi connectivity index (χ1v) is 11.4. The molecule has 1 fully saturated rings. The standard InChI is InChI=1S/C27H30FN3O2/c1-33-25-10-3-2-7-21(25)17-26(32)30-27(24-9-4-5-15-29-24)22-8-6-16-31(19-22)18-20-11-13-23(28)14-12-20/h2-5,7,9-15,22,27H,6,8,16-19H2,1H3,(H,30,32)/t22-,27-/m1/s1. The second kappa shape index (κ2) is 11.1. The van der Waals surface area contributed by atoms with Gasteiger partial charge in [0.15, 0.2) is 0 Å². The van der Waals surface area contributed by atoms with Gasteiger partial charge in [0.05, 0.1) is 25.3 Å². The van der Waals surface area contributed by atoms with E-state index in [-0.39, 0.29) is 30.1 Å². The van der Waals surface area contributed by atoms with Crippen LogP contribution in [0.4, 0.5) is 4.39 Å². The molecule has 1 amide bonds. The van der Waals surface area contributed by atoms with Crippen LogP contribution in [0.2, 0.25) is 0 Å². The van der Waals surface area contributed by atoms with Crippen molar-refractivity contribution in [2.75, 3.05) is 20.2 Å². The maximum atomic E-state index is 13.3. The molecule has 0 aliphatic carbocycles. The first-order chi connectivity index (χ1) is 16.1. The summed E-state index contributed by atoms with van der Waals surface area (Å²) in [4.78, 5) is 20.0. The molecule has 0 saturated carbocycles. The van der Waals surface area contributed by atoms with Crippen molar-refractivity contribution in [3.8, 4) is 5.75 Å². The molecule has 2 aromatic carbocycles. The second-order valence-electron chi connectivity index (χ2n) is 8.55. The summed E-state index contributed by atoms with van der Waals surface area (Å²) in [5, 5.41) is 3.26. The highest BCUT2D eigenvalue weighted by Crippen LogP contribution is 2.30. The van der Waals surface area contributed by atoms with E-state index in [4.69, 9.17) is 4.74 Å². The van der Waals surface area contributed by atoms with Crippen LogP contribution in [0.3, 0.4) is 0 Å². The smallest absolute Gasteiger partial charge is 0.225 e. The molecule has 1 aliphatic rings. The molecule has 2 heterocycles. The maximum Gasteiger partial charge on any atom is 0.225 e. The molecule has 1 N–H and O–H groups in total. The van der Waals surface area contributed by atoms with Gasteiger partial charge in [0.1, 0.15) is 11.6 Å². The van der Waals surface area contributed by atoms with Crippen LogP contribution in [0.1, 0.15) is 35.7 Å². The largest absolute Gasteiger partial charge is 0.496 e. The number of rotatable bonds is 8. The zero-order chi connectivity index (χ0) is 23.0. The number of hydrogen-bond acceptors (Lipinski definition) is 4. The molecule has 172 valence electrons. The lowest BCUT2D eigenvalue weighted by atomic mass is 9.88. The predicted molar refractivity (Wildman–Crippen MR) is 126 cm³/mol. The van der Waals surface area contributed by atoms with Gasteiger partial charge in [0.25, 0.3) is 0 Å². The molecule has 0 bridgehead atoms. The molecule has 6 heteroatoms. The molecular weight excluding hydrogens is 417 g/mol. The fraction of sp³-hybridized carbons (Fsp3) is 0.333. The van der Waals surface area contributed by atoms with Gasteiger partial charge in [-0.2, -0.15) is 0 Å². The van der Waals surface area contributed by atoms with E-state index < -0.39 is 0 Å². The fourth-order valence-corrected chi connectivity index (χ4v) is 4.59. The molecule has 33 heavy (non-hydrogen) atoms. The summed E-state index contributed by atoms with van der Waals surface area (Å²) in [6.07, 6.45) is 4.07. The van der Waals surface area contributed by atoms with Crippen molar-refractivity contribution in [2.45, 2.75) is 31.8 Å². The molecule has 1 aliphatic heterocycles. The molecule has 3 aromatic rings. The van der Waals surface area contributed by atoms with Gasteiger partial charge in [-0.1, -0.05) is 36.4 Å². The van der Waals surface area contributed by atoms with E-state index in [0.717, 1.165) is 49.3 Å². The summed E-state index contributed by atoms with van der Waals surface area (Å²) in [6.45, 7) is 2.59. The van der Waals surface area contributed by atoms with Gasteiger partial charge in [0.2, 0.25) is 5.91 Å². The van der Waals surface area contributed by atoms with Gasteiger partial charge < -0.3 is 10.1 Å². The van der Waals surface area contributed by atoms with E-state index in [1.807, 2.05) is 54.6 Å². The Morgan fingerprint density at radius 1 is 1.15 bits per heavy atom. The number of carbonyl (C=O) groups is 1. The Balaban J connectivity index is 1.48. The number of likely N-dealkylation sites (tertiary alicyclic amines) is 1. The van der Waals surface area contributed by atoms with Crippen LogP contribution < -0.4 is 10.1 Å². The summed E-state index contributed by atoms with van der Waals surface area (Å²) in [7, 11) is 1.62. The van der Waals surface area contributed by atoms with Crippen LogP contribution in [-0.4, -0.2) is 36.0 Å². The highest BCUT2D eigenvalue weighted by molar-refractivity contribution is 5.79. The molecule has 0 spiro atoms. The summed E-state index contributed by atoms with van der Waals surface area (Å²) in [6, 6.07) is 19.9. The summed E-state index contributed by atoms with van der Waals surface area (Å²) >= 11 is 0. The van der Waals surface area contributed by atoms with Crippen molar-refractivity contribution < 1.29 is 13.9 Å². The lowest BCUT2D eigenvalue weighted by molar-refractivity contribution is -0.121. The monoisotopic (exact) mass is 447 g/mol. The van der Waals surface area contributed by atoms with Gasteiger partial charge in [-0.05, 0) is 61.2 Å². The van der Waals surface area contributed by atoms with Gasteiger partial charge in [-0.15, -0.1) is 0 Å². The van der Waals surface area contributed by atoms with Crippen LogP contribution in [0.25, 0.3) is 0 Å². The van der Waals surface area contributed by atoms with E-state index in [1.165, 1.54) is 12.1 Å². The van der Waals surface area contributed by atoms with Crippen molar-refractivity contribution in [3.05, 3.63) is 95.6 Å². The van der Waals surface area contributed by atoms with Crippen molar-refractivity contribution in [1.82, 2.24) is 15.2 Å². The molecule has 1 aromatic heterocycles. The van der Waals surface area contributed by atoms with E-state index >= 15 is 0 Å². The number of benzene rings is 2. The number of aromatic nitrogens is 1. The number of para-hydroxylation sites is 1. The van der Waals surface area contributed by atoms with Crippen molar-refractivity contribution in [2.24, 2.45) is 5.92 Å². The highest BCUT2D eigenvalue weighted by atomic mass is 19.1. The summed E-state index contributed by atoms with van der Waals surface area (Å²) in [5.41, 5.74) is 2.82. The number of halogens is 1. The van der Waals surface area contributed by atoms with Gasteiger partial charge in [-0.3, -0.25) is 14.7 Å². The summed E-state index contributed by atoms with van der Waals surface area (Å²) in [5.74, 6) is 0.676. The lowest BCUT2D eigenvalue weighted by Crippen LogP contribution is -2.43. The number of piperidine rings is 1. The Bertz CT molecular complexity index is 1040. The topological polar surface area (TPSA) is 54.5 Å². The van der Waals surface area contributed by atoms with Gasteiger partial charge >= 0.3 is 0 Å². The van der Waals surface area contributed by atoms with Crippen molar-refractivity contribution in [1.29, 1.82) is 0 Å². The van der Waals surface area contributed by atoms with Crippen LogP contribution in [0.15, 0.2) is 72.9 Å². The number of amides is 1. The maximum absolute atomic E-state index is 13.3. The third-order valence-corrected chi connectivity index (χ3v) is 6.20. The van der Waals surface area contributed by atoms with E-state index in [2.05, 4.69) is 15.2 Å². The number of nitrogens with zero attached hydrogens (tertiary/aromatic N) is 2. The van der Waals surface area contributed by atoms with E-state index in [0.29, 0.717) is 5.75 Å². The summed E-state index contributed by atoms with van der Waals surface area (Å²) < 4.78 is 18.7. The number of methoxy groups -OCH3 is 1. The Labute approximate surface area is 194 Å². The SMILES string of the molecule is COc1ccccc1CC(=O)N[C@@H](c1ccccn1)[C@@H]1CCCN(Cc2ccc(F)cc2)C1. The highest BCUT2D eigenvalue weighted by Gasteiger charge is 2.30. The first kappa shape index (κ1) is 22.9. The number of pyridine rings is 1. The molecule has 0 unspecified atom stereocenters. The molecule has 0 radical (unpaired) electrons. The second-order valence-corrected chi connectivity index (χ2v) is 8.55. The van der Waals surface area contributed by atoms with Gasteiger partial charge in [0, 0.05) is 24.8 Å². The third-order valence-electron chi connectivity index (χ3n) is 6.20. The minimum absolute atomic E-state index is 0.0502. The van der Waals surface area contributed by atoms with Crippen LogP contribution in [0, 0.1) is 11.7 Å². The van der Waals surface area contributed by atoms with Crippen LogP contribution in [0.5, 0.6) is 5.75 Å². The van der Waals surface area contributed by atoms with E-state index in [1.54, 1.807) is 13.3 Å². The van der Waals surface area contributed by atoms with Crippen molar-refractivity contribution in [3.63, 3.8) is 0 Å². The fourth-order valence-electron chi connectivity index (χ4n) is 4.59. The predicted octanol–water partition coefficient (Wildman–Crippen LogP) is 4.54. The third kappa shape index (κ3) is 6.17. The Kier molecular flexibility index (Phi) is 7.68. The number of nitrogens with one attached hydrogen (secondary N) is 1. The average molecular weight is 448 g/mol. The number of hydrogen-bond donors (Lipinski definition) is 1. The Morgan fingerprint density at radius 2 is 1.94 bits per heavy atom. The Hall–Kier alpha value is -3.25. The molecule has 5 nitrogen and oxygen atoms in total.